The summed E-state index contributed by atoms with van der Waals surface area (Å²) in [5, 5.41) is 5.28. The summed E-state index contributed by atoms with van der Waals surface area (Å²) in [6, 6.07) is 10.7. The van der Waals surface area contributed by atoms with E-state index >= 15 is 0 Å². The number of hydrogen-bond acceptors (Lipinski definition) is 4. The van der Waals surface area contributed by atoms with Crippen LogP contribution in [-0.2, 0) is 0 Å². The smallest absolute Gasteiger partial charge is 0.274 e. The van der Waals surface area contributed by atoms with E-state index in [1.807, 2.05) is 32.0 Å². The third-order valence-corrected chi connectivity index (χ3v) is 3.77. The number of carbonyl (C=O) groups is 1. The molecule has 138 valence electrons. The second-order valence-corrected chi connectivity index (χ2v) is 6.27. The highest BCUT2D eigenvalue weighted by molar-refractivity contribution is 6.03. The fourth-order valence-electron chi connectivity index (χ4n) is 2.71. The zero-order valence-corrected chi connectivity index (χ0v) is 15.1. The maximum Gasteiger partial charge on any atom is 0.274 e. The van der Waals surface area contributed by atoms with Crippen LogP contribution in [0.4, 0.5) is 26.1 Å². The number of anilines is 3. The first kappa shape index (κ1) is 18.4. The molecule has 7 heteroatoms. The lowest BCUT2D eigenvalue weighted by atomic mass is 10.1. The van der Waals surface area contributed by atoms with Gasteiger partial charge in [-0.2, -0.15) is 0 Å². The molecule has 2 N–H and O–H groups in total. The lowest BCUT2D eigenvalue weighted by Crippen LogP contribution is -2.16. The predicted molar refractivity (Wildman–Crippen MR) is 100 cm³/mol. The van der Waals surface area contributed by atoms with Crippen molar-refractivity contribution in [3.63, 3.8) is 0 Å². The van der Waals surface area contributed by atoms with Crippen LogP contribution < -0.4 is 10.6 Å². The molecule has 0 aliphatic rings. The highest BCUT2D eigenvalue weighted by Gasteiger charge is 2.14. The van der Waals surface area contributed by atoms with E-state index in [1.165, 1.54) is 12.1 Å². The van der Waals surface area contributed by atoms with E-state index in [1.54, 1.807) is 6.92 Å². The monoisotopic (exact) mass is 368 g/mol. The summed E-state index contributed by atoms with van der Waals surface area (Å²) < 4.78 is 27.6. The molecule has 0 bridgehead atoms. The number of nitrogens with one attached hydrogen (secondary N) is 2. The van der Waals surface area contributed by atoms with Crippen LogP contribution in [0.25, 0.3) is 0 Å². The van der Waals surface area contributed by atoms with Crippen molar-refractivity contribution in [3.8, 4) is 0 Å². The fraction of sp³-hybridized carbons (Fsp3) is 0.150. The molecule has 1 amide bonds. The molecule has 0 saturated heterocycles. The number of aromatic nitrogens is 2. The molecule has 2 aromatic carbocycles. The van der Waals surface area contributed by atoms with Crippen molar-refractivity contribution in [2.24, 2.45) is 0 Å². The van der Waals surface area contributed by atoms with Gasteiger partial charge in [-0.3, -0.25) is 4.79 Å². The first-order valence-electron chi connectivity index (χ1n) is 8.28. The zero-order chi connectivity index (χ0) is 19.6. The number of benzene rings is 2. The van der Waals surface area contributed by atoms with Crippen molar-refractivity contribution < 1.29 is 13.6 Å². The lowest BCUT2D eigenvalue weighted by molar-refractivity contribution is 0.102. The highest BCUT2D eigenvalue weighted by atomic mass is 19.1. The van der Waals surface area contributed by atoms with Gasteiger partial charge in [0.25, 0.3) is 5.91 Å². The van der Waals surface area contributed by atoms with Gasteiger partial charge in [-0.1, -0.05) is 12.1 Å². The van der Waals surface area contributed by atoms with Crippen molar-refractivity contribution in [2.75, 3.05) is 10.6 Å². The van der Waals surface area contributed by atoms with Crippen molar-refractivity contribution in [1.29, 1.82) is 0 Å². The van der Waals surface area contributed by atoms with Gasteiger partial charge in [0.2, 0.25) is 5.95 Å². The molecule has 0 fully saturated rings. The maximum absolute atomic E-state index is 13.8. The van der Waals surface area contributed by atoms with Crippen molar-refractivity contribution in [3.05, 3.63) is 76.6 Å². The SMILES string of the molecule is Cc1cc(C)cc(NC(=O)c2cc(C)nc(Nc3c(F)cccc3F)n2)c1. The van der Waals surface area contributed by atoms with Crippen LogP contribution >= 0.6 is 0 Å². The predicted octanol–water partition coefficient (Wildman–Crippen LogP) is 4.68. The first-order valence-corrected chi connectivity index (χ1v) is 8.28. The van der Waals surface area contributed by atoms with Gasteiger partial charge < -0.3 is 10.6 Å². The van der Waals surface area contributed by atoms with Crippen LogP contribution in [0.15, 0.2) is 42.5 Å². The number of rotatable bonds is 4. The standard InChI is InChI=1S/C20H18F2N4O/c1-11-7-12(2)9-14(8-11)24-19(27)17-10-13(3)23-20(25-17)26-18-15(21)5-4-6-16(18)22/h4-10H,1-3H3,(H,24,27)(H,23,25,26). The minimum absolute atomic E-state index is 0.0652. The largest absolute Gasteiger partial charge is 0.321 e. The number of nitrogens with zero attached hydrogens (tertiary/aromatic N) is 2. The van der Waals surface area contributed by atoms with Crippen LogP contribution in [0.5, 0.6) is 0 Å². The molecule has 1 aromatic heterocycles. The minimum Gasteiger partial charge on any atom is -0.321 e. The lowest BCUT2D eigenvalue weighted by Gasteiger charge is -2.11. The third-order valence-electron chi connectivity index (χ3n) is 3.77. The van der Waals surface area contributed by atoms with Crippen molar-refractivity contribution in [2.45, 2.75) is 20.8 Å². The molecule has 0 radical (unpaired) electrons. The molecule has 0 unspecified atom stereocenters. The van der Waals surface area contributed by atoms with Crippen LogP contribution in [-0.4, -0.2) is 15.9 Å². The van der Waals surface area contributed by atoms with Crippen molar-refractivity contribution in [1.82, 2.24) is 9.97 Å². The quantitative estimate of drug-likeness (QED) is 0.702. The summed E-state index contributed by atoms with van der Waals surface area (Å²) in [5.41, 5.74) is 2.87. The Balaban J connectivity index is 1.87. The Kier molecular flexibility index (Phi) is 5.12. The van der Waals surface area contributed by atoms with E-state index in [4.69, 9.17) is 0 Å². The van der Waals surface area contributed by atoms with Gasteiger partial charge in [-0.25, -0.2) is 18.7 Å². The molecule has 0 atom stereocenters. The molecule has 3 aromatic rings. The zero-order valence-electron chi connectivity index (χ0n) is 15.1. The minimum atomic E-state index is -0.777. The maximum atomic E-state index is 13.8. The van der Waals surface area contributed by atoms with Gasteiger partial charge in [0.05, 0.1) is 0 Å². The molecular weight excluding hydrogens is 350 g/mol. The Hall–Kier alpha value is -3.35. The number of para-hydroxylation sites is 1. The van der Waals surface area contributed by atoms with Crippen LogP contribution in [0.2, 0.25) is 0 Å². The van der Waals surface area contributed by atoms with Crippen molar-refractivity contribution >= 4 is 23.2 Å². The molecule has 0 spiro atoms. The van der Waals surface area contributed by atoms with Gasteiger partial charge in [-0.15, -0.1) is 0 Å². The molecule has 0 aliphatic heterocycles. The third kappa shape index (κ3) is 4.44. The van der Waals surface area contributed by atoms with Gasteiger partial charge in [0, 0.05) is 11.4 Å². The summed E-state index contributed by atoms with van der Waals surface area (Å²) in [7, 11) is 0. The first-order chi connectivity index (χ1) is 12.8. The van der Waals surface area contributed by atoms with Gasteiger partial charge in [-0.05, 0) is 62.2 Å². The van der Waals surface area contributed by atoms with Crippen LogP contribution in [0, 0.1) is 32.4 Å². The normalized spacial score (nSPS) is 10.6. The molecule has 0 aliphatic carbocycles. The molecule has 0 saturated carbocycles. The van der Waals surface area contributed by atoms with E-state index in [9.17, 15) is 13.6 Å². The van der Waals surface area contributed by atoms with E-state index in [0.29, 0.717) is 11.4 Å². The number of aryl methyl sites for hydroxylation is 3. The Morgan fingerprint density at radius 1 is 0.926 bits per heavy atom. The average Bonchev–Trinajstić information content (AvgIpc) is 2.57. The summed E-state index contributed by atoms with van der Waals surface area (Å²) in [6.45, 7) is 5.53. The van der Waals surface area contributed by atoms with Gasteiger partial charge in [0.15, 0.2) is 0 Å². The average molecular weight is 368 g/mol. The Labute approximate surface area is 155 Å². The van der Waals surface area contributed by atoms with E-state index < -0.39 is 17.5 Å². The topological polar surface area (TPSA) is 66.9 Å². The Morgan fingerprint density at radius 2 is 1.56 bits per heavy atom. The summed E-state index contributed by atoms with van der Waals surface area (Å²) in [4.78, 5) is 20.7. The molecule has 27 heavy (non-hydrogen) atoms. The fourth-order valence-corrected chi connectivity index (χ4v) is 2.71. The van der Waals surface area contributed by atoms with Crippen LogP contribution in [0.1, 0.15) is 27.3 Å². The van der Waals surface area contributed by atoms with Crippen LogP contribution in [0.3, 0.4) is 0 Å². The molecule has 1 heterocycles. The second-order valence-electron chi connectivity index (χ2n) is 6.27. The van der Waals surface area contributed by atoms with Gasteiger partial charge in [0.1, 0.15) is 23.0 Å². The molecule has 5 nitrogen and oxygen atoms in total. The summed E-state index contributed by atoms with van der Waals surface area (Å²) >= 11 is 0. The van der Waals surface area contributed by atoms with Gasteiger partial charge >= 0.3 is 0 Å². The number of hydrogen-bond donors (Lipinski definition) is 2. The summed E-state index contributed by atoms with van der Waals surface area (Å²) in [6.07, 6.45) is 0. The Bertz CT molecular complexity index is 980. The molecule has 3 rings (SSSR count). The van der Waals surface area contributed by atoms with E-state index in [-0.39, 0.29) is 17.3 Å². The number of amides is 1. The van der Waals surface area contributed by atoms with E-state index in [0.717, 1.165) is 23.3 Å². The molecular formula is C20H18F2N4O. The second kappa shape index (κ2) is 7.49. The van der Waals surface area contributed by atoms with E-state index in [2.05, 4.69) is 20.6 Å². The number of carbonyl (C=O) groups excluding carboxylic acids is 1. The number of halogens is 2. The Morgan fingerprint density at radius 3 is 2.19 bits per heavy atom. The highest BCUT2D eigenvalue weighted by Crippen LogP contribution is 2.22. The summed E-state index contributed by atoms with van der Waals surface area (Å²) in [5.74, 6) is -2.06.